The van der Waals surface area contributed by atoms with E-state index in [1.54, 1.807) is 4.57 Å². The number of halogens is 1. The van der Waals surface area contributed by atoms with Gasteiger partial charge in [-0.05, 0) is 71.9 Å². The summed E-state index contributed by atoms with van der Waals surface area (Å²) in [5, 5.41) is 19.6. The van der Waals surface area contributed by atoms with Crippen LogP contribution < -0.4 is 5.32 Å². The molecule has 11 heteroatoms. The average Bonchev–Trinajstić information content (AvgIpc) is 3.15. The minimum absolute atomic E-state index is 0.0918. The van der Waals surface area contributed by atoms with Crippen molar-refractivity contribution in [1.82, 2.24) is 19.7 Å². The second-order valence-corrected chi connectivity index (χ2v) is 10.6. The van der Waals surface area contributed by atoms with E-state index in [0.717, 1.165) is 27.6 Å². The number of nitrogens with zero attached hydrogens (tertiary/aromatic N) is 3. The molecular weight excluding hydrogens is 556 g/mol. The summed E-state index contributed by atoms with van der Waals surface area (Å²) in [6.07, 6.45) is 1.59. The molecule has 4 rings (SSSR count). The molecule has 1 unspecified atom stereocenters. The van der Waals surface area contributed by atoms with E-state index in [2.05, 4.69) is 38.3 Å². The van der Waals surface area contributed by atoms with Gasteiger partial charge in [-0.2, -0.15) is 0 Å². The fourth-order valence-corrected chi connectivity index (χ4v) is 6.24. The van der Waals surface area contributed by atoms with Crippen molar-refractivity contribution in [2.24, 2.45) is 11.8 Å². The highest BCUT2D eigenvalue weighted by Crippen LogP contribution is 2.45. The van der Waals surface area contributed by atoms with Gasteiger partial charge in [0.25, 0.3) is 12.4 Å². The molecule has 3 atom stereocenters. The summed E-state index contributed by atoms with van der Waals surface area (Å²) in [5.41, 5.74) is 3.91. The van der Waals surface area contributed by atoms with E-state index in [4.69, 9.17) is 9.90 Å². The van der Waals surface area contributed by atoms with Crippen LogP contribution in [0.5, 0.6) is 0 Å². The van der Waals surface area contributed by atoms with Gasteiger partial charge in [0.05, 0.1) is 16.0 Å². The standard InChI is InChI=1S/C26H33BrN4O4.CH2O2/c1-6-30(7-2)24(32)15-11-17-16-9-8-10-19-21(16)18(12-20(17)29(5)13-15)23(27)31(19)25(33)22(14(3)4)28-26(34)35;2-1-3/h8-11,14-15,20,22,28H,6-7,12-13H2,1-5H3,(H,34,35);1H,(H,2,3)/t15-,20-,22?;/m1./s1. The van der Waals surface area contributed by atoms with Gasteiger partial charge >= 0.3 is 6.09 Å². The maximum atomic E-state index is 13.6. The summed E-state index contributed by atoms with van der Waals surface area (Å²) < 4.78 is 2.27. The smallest absolute Gasteiger partial charge is 0.405 e. The van der Waals surface area contributed by atoms with Gasteiger partial charge in [0.15, 0.2) is 0 Å². The van der Waals surface area contributed by atoms with Gasteiger partial charge in [-0.15, -0.1) is 0 Å². The monoisotopic (exact) mass is 590 g/mol. The molecule has 0 fully saturated rings. The molecule has 1 aliphatic carbocycles. The Morgan fingerprint density at radius 3 is 2.42 bits per heavy atom. The number of hydrogen-bond donors (Lipinski definition) is 3. The molecule has 3 N–H and O–H groups in total. The van der Waals surface area contributed by atoms with Crippen LogP contribution in [0.1, 0.15) is 43.6 Å². The minimum Gasteiger partial charge on any atom is -0.483 e. The van der Waals surface area contributed by atoms with E-state index in [-0.39, 0.29) is 36.2 Å². The highest BCUT2D eigenvalue weighted by atomic mass is 79.9. The highest BCUT2D eigenvalue weighted by Gasteiger charge is 2.39. The number of carboxylic acid groups (broad SMARTS) is 2. The number of likely N-dealkylation sites (N-methyl/N-ethyl adjacent to an activating group) is 1. The van der Waals surface area contributed by atoms with Crippen molar-refractivity contribution in [3.63, 3.8) is 0 Å². The molecule has 0 saturated heterocycles. The first kappa shape index (κ1) is 29.4. The number of benzene rings is 1. The number of nitrogens with one attached hydrogen (secondary N) is 1. The molecule has 38 heavy (non-hydrogen) atoms. The van der Waals surface area contributed by atoms with Crippen molar-refractivity contribution < 1.29 is 29.4 Å². The van der Waals surface area contributed by atoms with E-state index in [0.29, 0.717) is 30.7 Å². The Labute approximate surface area is 230 Å². The first-order valence-electron chi connectivity index (χ1n) is 12.7. The minimum atomic E-state index is -1.23. The van der Waals surface area contributed by atoms with Crippen LogP contribution in [0.4, 0.5) is 4.79 Å². The summed E-state index contributed by atoms with van der Waals surface area (Å²) in [5.74, 6) is -0.619. The van der Waals surface area contributed by atoms with Gasteiger partial charge in [0.2, 0.25) is 5.91 Å². The van der Waals surface area contributed by atoms with Crippen molar-refractivity contribution in [3.8, 4) is 0 Å². The summed E-state index contributed by atoms with van der Waals surface area (Å²) in [6, 6.07) is 5.09. The molecule has 0 spiro atoms. The Morgan fingerprint density at radius 1 is 1.24 bits per heavy atom. The zero-order chi connectivity index (χ0) is 28.3. The van der Waals surface area contributed by atoms with E-state index < -0.39 is 12.1 Å². The van der Waals surface area contributed by atoms with Crippen LogP contribution in [0.2, 0.25) is 0 Å². The third-order valence-electron chi connectivity index (χ3n) is 7.32. The number of aromatic nitrogens is 1. The number of fused-ring (bicyclic) bond motifs is 2. The van der Waals surface area contributed by atoms with E-state index in [1.165, 1.54) is 0 Å². The Balaban J connectivity index is 0.00000127. The van der Waals surface area contributed by atoms with Gasteiger partial charge in [0.1, 0.15) is 6.04 Å². The quantitative estimate of drug-likeness (QED) is 0.436. The summed E-state index contributed by atoms with van der Waals surface area (Å²) >= 11 is 3.68. The molecule has 0 saturated carbocycles. The predicted octanol–water partition coefficient (Wildman–Crippen LogP) is 3.78. The van der Waals surface area contributed by atoms with Crippen molar-refractivity contribution in [2.45, 2.75) is 46.2 Å². The van der Waals surface area contributed by atoms with Gasteiger partial charge < -0.3 is 20.4 Å². The number of amides is 2. The summed E-state index contributed by atoms with van der Waals surface area (Å²) in [7, 11) is 2.05. The highest BCUT2D eigenvalue weighted by molar-refractivity contribution is 9.10. The molecule has 2 amide bonds. The molecule has 1 aliphatic heterocycles. The number of rotatable bonds is 6. The molecule has 0 bridgehead atoms. The maximum Gasteiger partial charge on any atom is 0.405 e. The Hall–Kier alpha value is -3.18. The number of carbonyl (C=O) groups is 4. The van der Waals surface area contributed by atoms with Crippen LogP contribution >= 0.6 is 15.9 Å². The molecule has 2 aliphatic rings. The Morgan fingerprint density at radius 2 is 1.87 bits per heavy atom. The fourth-order valence-electron chi connectivity index (χ4n) is 5.52. The molecule has 1 aromatic heterocycles. The molecular formula is C27H35BrN4O6. The van der Waals surface area contributed by atoms with E-state index in [1.807, 2.05) is 51.8 Å². The van der Waals surface area contributed by atoms with Gasteiger partial charge in [-0.1, -0.05) is 32.1 Å². The van der Waals surface area contributed by atoms with Crippen molar-refractivity contribution >= 4 is 56.8 Å². The second kappa shape index (κ2) is 12.1. The van der Waals surface area contributed by atoms with Crippen LogP contribution in [0.25, 0.3) is 16.5 Å². The largest absolute Gasteiger partial charge is 0.483 e. The van der Waals surface area contributed by atoms with Crippen LogP contribution in [0.3, 0.4) is 0 Å². The zero-order valence-electron chi connectivity index (χ0n) is 22.3. The molecule has 10 nitrogen and oxygen atoms in total. The van der Waals surface area contributed by atoms with Crippen LogP contribution in [0.15, 0.2) is 28.9 Å². The Kier molecular flexibility index (Phi) is 9.37. The van der Waals surface area contributed by atoms with Gasteiger partial charge in [-0.3, -0.25) is 23.9 Å². The lowest BCUT2D eigenvalue weighted by Gasteiger charge is -2.40. The maximum absolute atomic E-state index is 13.6. The lowest BCUT2D eigenvalue weighted by atomic mass is 9.79. The van der Waals surface area contributed by atoms with Crippen LogP contribution in [-0.4, -0.2) is 87.7 Å². The average molecular weight is 592 g/mol. The first-order valence-corrected chi connectivity index (χ1v) is 13.5. The van der Waals surface area contributed by atoms with Crippen molar-refractivity contribution in [2.75, 3.05) is 26.7 Å². The van der Waals surface area contributed by atoms with Gasteiger partial charge in [0, 0.05) is 31.1 Å². The first-order chi connectivity index (χ1) is 18.0. The third-order valence-corrected chi connectivity index (χ3v) is 8.15. The lowest BCUT2D eigenvalue weighted by Crippen LogP contribution is -2.47. The molecule has 2 heterocycles. The SMILES string of the molecule is CCN(CC)C(=O)[C@@H]1C=C2c3cccc4c3c(c(Br)n4C(=O)C(NC(=O)O)C(C)C)C[C@H]2N(C)C1.O=CO. The molecule has 1 aromatic carbocycles. The zero-order valence-corrected chi connectivity index (χ0v) is 23.9. The second-order valence-electron chi connectivity index (χ2n) is 9.82. The van der Waals surface area contributed by atoms with Crippen molar-refractivity contribution in [3.05, 3.63) is 40.0 Å². The molecule has 0 radical (unpaired) electrons. The van der Waals surface area contributed by atoms with E-state index in [9.17, 15) is 19.5 Å². The normalized spacial score (nSPS) is 19.1. The fraction of sp³-hybridized carbons (Fsp3) is 0.481. The van der Waals surface area contributed by atoms with Crippen LogP contribution in [0, 0.1) is 11.8 Å². The van der Waals surface area contributed by atoms with Crippen LogP contribution in [-0.2, 0) is 16.0 Å². The third kappa shape index (κ3) is 5.35. The Bertz CT molecular complexity index is 1270. The summed E-state index contributed by atoms with van der Waals surface area (Å²) in [6.45, 7) is 9.40. The topological polar surface area (TPSA) is 132 Å². The van der Waals surface area contributed by atoms with Gasteiger partial charge in [-0.25, -0.2) is 4.79 Å². The van der Waals surface area contributed by atoms with E-state index >= 15 is 0 Å². The number of carbonyl (C=O) groups excluding carboxylic acids is 2. The predicted molar refractivity (Wildman–Crippen MR) is 148 cm³/mol. The molecule has 206 valence electrons. The summed E-state index contributed by atoms with van der Waals surface area (Å²) in [4.78, 5) is 50.6. The lowest BCUT2D eigenvalue weighted by molar-refractivity contribution is -0.134. The van der Waals surface area contributed by atoms with Crippen molar-refractivity contribution in [1.29, 1.82) is 0 Å². The molecule has 2 aromatic rings. The number of hydrogen-bond acceptors (Lipinski definition) is 5.